The van der Waals surface area contributed by atoms with Gasteiger partial charge in [-0.25, -0.2) is 4.98 Å². The molecule has 1 N–H and O–H groups in total. The molecule has 3 heterocycles. The van der Waals surface area contributed by atoms with E-state index in [4.69, 9.17) is 4.98 Å². The lowest BCUT2D eigenvalue weighted by Crippen LogP contribution is -2.28. The SMILES string of the molecule is Cn1c(C2(C)CCNC2)nc2cnccc21. The molecule has 0 saturated carbocycles. The fourth-order valence-electron chi connectivity index (χ4n) is 2.60. The first-order chi connectivity index (χ1) is 7.71. The summed E-state index contributed by atoms with van der Waals surface area (Å²) in [6, 6.07) is 2.03. The zero-order valence-electron chi connectivity index (χ0n) is 9.70. The number of imidazole rings is 1. The van der Waals surface area contributed by atoms with Gasteiger partial charge in [-0.1, -0.05) is 6.92 Å². The number of nitrogens with zero attached hydrogens (tertiary/aromatic N) is 3. The molecule has 3 rings (SSSR count). The molecule has 0 amide bonds. The van der Waals surface area contributed by atoms with Crippen LogP contribution in [0.3, 0.4) is 0 Å². The number of rotatable bonds is 1. The minimum atomic E-state index is 0.160. The molecule has 0 spiro atoms. The minimum Gasteiger partial charge on any atom is -0.331 e. The Balaban J connectivity index is 2.20. The molecular weight excluding hydrogens is 200 g/mol. The molecule has 1 saturated heterocycles. The predicted molar refractivity (Wildman–Crippen MR) is 63.3 cm³/mol. The zero-order chi connectivity index (χ0) is 11.2. The van der Waals surface area contributed by atoms with Gasteiger partial charge in [0, 0.05) is 25.2 Å². The third-order valence-corrected chi connectivity index (χ3v) is 3.59. The van der Waals surface area contributed by atoms with Crippen molar-refractivity contribution in [2.24, 2.45) is 7.05 Å². The van der Waals surface area contributed by atoms with Gasteiger partial charge >= 0.3 is 0 Å². The van der Waals surface area contributed by atoms with Crippen LogP contribution < -0.4 is 5.32 Å². The van der Waals surface area contributed by atoms with Crippen molar-refractivity contribution in [2.75, 3.05) is 13.1 Å². The van der Waals surface area contributed by atoms with Crippen LogP contribution in [0.4, 0.5) is 0 Å². The first kappa shape index (κ1) is 9.78. The number of nitrogens with one attached hydrogen (secondary N) is 1. The van der Waals surface area contributed by atoms with Gasteiger partial charge in [0.2, 0.25) is 0 Å². The molecule has 0 aliphatic carbocycles. The summed E-state index contributed by atoms with van der Waals surface area (Å²) in [5.41, 5.74) is 2.32. The summed E-state index contributed by atoms with van der Waals surface area (Å²) in [7, 11) is 2.09. The van der Waals surface area contributed by atoms with Crippen LogP contribution in [0.5, 0.6) is 0 Å². The van der Waals surface area contributed by atoms with Gasteiger partial charge in [-0.15, -0.1) is 0 Å². The fraction of sp³-hybridized carbons (Fsp3) is 0.500. The van der Waals surface area contributed by atoms with Crippen LogP contribution in [-0.4, -0.2) is 27.6 Å². The fourth-order valence-corrected chi connectivity index (χ4v) is 2.60. The lowest BCUT2D eigenvalue weighted by molar-refractivity contribution is 0.475. The van der Waals surface area contributed by atoms with Crippen LogP contribution in [0.15, 0.2) is 18.5 Å². The quantitative estimate of drug-likeness (QED) is 0.779. The normalized spacial score (nSPS) is 25.4. The van der Waals surface area contributed by atoms with Crippen LogP contribution in [-0.2, 0) is 12.5 Å². The highest BCUT2D eigenvalue weighted by molar-refractivity contribution is 5.74. The van der Waals surface area contributed by atoms with Gasteiger partial charge in [0.25, 0.3) is 0 Å². The van der Waals surface area contributed by atoms with E-state index in [1.54, 1.807) is 0 Å². The zero-order valence-corrected chi connectivity index (χ0v) is 9.70. The number of aromatic nitrogens is 3. The standard InChI is InChI=1S/C12H16N4/c1-12(4-6-14-8-12)11-15-9-7-13-5-3-10(9)16(11)2/h3,5,7,14H,4,6,8H2,1-2H3. The summed E-state index contributed by atoms with van der Waals surface area (Å²) < 4.78 is 2.20. The van der Waals surface area contributed by atoms with E-state index in [0.717, 1.165) is 30.5 Å². The van der Waals surface area contributed by atoms with Gasteiger partial charge in [0.1, 0.15) is 11.3 Å². The molecule has 1 aliphatic rings. The molecule has 2 aromatic rings. The van der Waals surface area contributed by atoms with E-state index in [9.17, 15) is 0 Å². The number of fused-ring (bicyclic) bond motifs is 1. The van der Waals surface area contributed by atoms with Crippen molar-refractivity contribution in [1.29, 1.82) is 0 Å². The van der Waals surface area contributed by atoms with Crippen LogP contribution in [0, 0.1) is 0 Å². The van der Waals surface area contributed by atoms with Crippen molar-refractivity contribution in [1.82, 2.24) is 19.9 Å². The summed E-state index contributed by atoms with van der Waals surface area (Å²) in [6.45, 7) is 4.37. The Bertz CT molecular complexity index is 523. The number of aryl methyl sites for hydroxylation is 1. The van der Waals surface area contributed by atoms with Crippen molar-refractivity contribution in [3.8, 4) is 0 Å². The second-order valence-electron chi connectivity index (χ2n) is 4.85. The highest BCUT2D eigenvalue weighted by Gasteiger charge is 2.34. The van der Waals surface area contributed by atoms with E-state index in [0.29, 0.717) is 0 Å². The number of hydrogen-bond acceptors (Lipinski definition) is 3. The molecule has 2 aromatic heterocycles. The van der Waals surface area contributed by atoms with E-state index in [2.05, 4.69) is 28.8 Å². The highest BCUT2D eigenvalue weighted by atomic mass is 15.1. The van der Waals surface area contributed by atoms with E-state index >= 15 is 0 Å². The van der Waals surface area contributed by atoms with Crippen LogP contribution in [0.2, 0.25) is 0 Å². The van der Waals surface area contributed by atoms with Gasteiger partial charge < -0.3 is 9.88 Å². The maximum Gasteiger partial charge on any atom is 0.116 e. The topological polar surface area (TPSA) is 42.7 Å². The summed E-state index contributed by atoms with van der Waals surface area (Å²) >= 11 is 0. The van der Waals surface area contributed by atoms with Crippen molar-refractivity contribution in [3.05, 3.63) is 24.3 Å². The third kappa shape index (κ3) is 1.26. The largest absolute Gasteiger partial charge is 0.331 e. The Labute approximate surface area is 94.7 Å². The lowest BCUT2D eigenvalue weighted by Gasteiger charge is -2.21. The van der Waals surface area contributed by atoms with Crippen molar-refractivity contribution >= 4 is 11.0 Å². The molecule has 1 aliphatic heterocycles. The van der Waals surface area contributed by atoms with Gasteiger partial charge in [0.05, 0.1) is 11.7 Å². The van der Waals surface area contributed by atoms with Crippen molar-refractivity contribution < 1.29 is 0 Å². The molecule has 0 aromatic carbocycles. The van der Waals surface area contributed by atoms with E-state index in [-0.39, 0.29) is 5.41 Å². The van der Waals surface area contributed by atoms with Gasteiger partial charge in [-0.2, -0.15) is 0 Å². The minimum absolute atomic E-state index is 0.160. The molecule has 16 heavy (non-hydrogen) atoms. The molecule has 4 nitrogen and oxygen atoms in total. The van der Waals surface area contributed by atoms with E-state index < -0.39 is 0 Å². The Morgan fingerprint density at radius 1 is 1.50 bits per heavy atom. The van der Waals surface area contributed by atoms with Crippen molar-refractivity contribution in [2.45, 2.75) is 18.8 Å². The summed E-state index contributed by atoms with van der Waals surface area (Å²) in [6.07, 6.45) is 4.81. The van der Waals surface area contributed by atoms with Gasteiger partial charge in [-0.05, 0) is 19.0 Å². The Kier molecular flexibility index (Phi) is 2.01. The predicted octanol–water partition coefficient (Wildman–Crippen LogP) is 1.22. The van der Waals surface area contributed by atoms with E-state index in [1.165, 1.54) is 5.82 Å². The van der Waals surface area contributed by atoms with Gasteiger partial charge in [-0.3, -0.25) is 4.98 Å². The Morgan fingerprint density at radius 2 is 2.38 bits per heavy atom. The summed E-state index contributed by atoms with van der Waals surface area (Å²) in [5, 5.41) is 3.41. The number of pyridine rings is 1. The molecular formula is C12H16N4. The number of hydrogen-bond donors (Lipinski definition) is 1. The van der Waals surface area contributed by atoms with Crippen molar-refractivity contribution in [3.63, 3.8) is 0 Å². The highest BCUT2D eigenvalue weighted by Crippen LogP contribution is 2.30. The first-order valence-electron chi connectivity index (χ1n) is 5.68. The monoisotopic (exact) mass is 216 g/mol. The second-order valence-corrected chi connectivity index (χ2v) is 4.85. The molecule has 1 unspecified atom stereocenters. The van der Waals surface area contributed by atoms with Gasteiger partial charge in [0.15, 0.2) is 0 Å². The third-order valence-electron chi connectivity index (χ3n) is 3.59. The smallest absolute Gasteiger partial charge is 0.116 e. The molecule has 84 valence electrons. The molecule has 4 heteroatoms. The average molecular weight is 216 g/mol. The summed E-state index contributed by atoms with van der Waals surface area (Å²) in [4.78, 5) is 8.85. The first-order valence-corrected chi connectivity index (χ1v) is 5.68. The Morgan fingerprint density at radius 3 is 3.06 bits per heavy atom. The van der Waals surface area contributed by atoms with Crippen LogP contribution in [0.1, 0.15) is 19.2 Å². The average Bonchev–Trinajstić information content (AvgIpc) is 2.86. The second kappa shape index (κ2) is 3.28. The van der Waals surface area contributed by atoms with Crippen LogP contribution >= 0.6 is 0 Å². The maximum absolute atomic E-state index is 4.73. The molecule has 1 atom stereocenters. The molecule has 0 radical (unpaired) electrons. The van der Waals surface area contributed by atoms with Crippen LogP contribution in [0.25, 0.3) is 11.0 Å². The maximum atomic E-state index is 4.73. The lowest BCUT2D eigenvalue weighted by atomic mass is 9.89. The summed E-state index contributed by atoms with van der Waals surface area (Å²) in [5.74, 6) is 1.17. The molecule has 1 fully saturated rings. The molecule has 0 bridgehead atoms. The van der Waals surface area contributed by atoms with E-state index in [1.807, 2.05) is 18.5 Å². The Hall–Kier alpha value is -1.42.